The SMILES string of the molecule is CCOC(=O)c1c(C)oc2cc(/C=N/N)c(OC)cc12. The molecular formula is C14H16N2O4. The van der Waals surface area contributed by atoms with Gasteiger partial charge < -0.3 is 19.7 Å². The van der Waals surface area contributed by atoms with Crippen LogP contribution in [0.25, 0.3) is 11.0 Å². The Hall–Kier alpha value is -2.50. The largest absolute Gasteiger partial charge is 0.496 e. The number of fused-ring (bicyclic) bond motifs is 1. The molecule has 0 radical (unpaired) electrons. The van der Waals surface area contributed by atoms with Crippen LogP contribution < -0.4 is 10.6 Å². The van der Waals surface area contributed by atoms with E-state index < -0.39 is 5.97 Å². The Morgan fingerprint density at radius 3 is 2.85 bits per heavy atom. The van der Waals surface area contributed by atoms with Crippen LogP contribution in [0, 0.1) is 6.92 Å². The average molecular weight is 276 g/mol. The molecule has 0 unspecified atom stereocenters. The van der Waals surface area contributed by atoms with Crippen molar-refractivity contribution in [2.75, 3.05) is 13.7 Å². The molecule has 6 heteroatoms. The predicted octanol–water partition coefficient (Wildman–Crippen LogP) is 2.22. The van der Waals surface area contributed by atoms with E-state index >= 15 is 0 Å². The van der Waals surface area contributed by atoms with Gasteiger partial charge in [0, 0.05) is 10.9 Å². The molecule has 0 aliphatic rings. The second-order valence-electron chi connectivity index (χ2n) is 4.12. The molecule has 2 aromatic rings. The second-order valence-corrected chi connectivity index (χ2v) is 4.12. The van der Waals surface area contributed by atoms with Crippen molar-refractivity contribution in [2.24, 2.45) is 10.9 Å². The van der Waals surface area contributed by atoms with E-state index in [9.17, 15) is 4.79 Å². The van der Waals surface area contributed by atoms with Crippen LogP contribution in [0.15, 0.2) is 21.7 Å². The highest BCUT2D eigenvalue weighted by Gasteiger charge is 2.21. The van der Waals surface area contributed by atoms with E-state index in [1.165, 1.54) is 13.3 Å². The molecule has 0 aliphatic heterocycles. The molecule has 1 heterocycles. The molecule has 106 valence electrons. The van der Waals surface area contributed by atoms with E-state index in [0.29, 0.717) is 40.2 Å². The first-order valence-corrected chi connectivity index (χ1v) is 6.13. The number of benzene rings is 1. The van der Waals surface area contributed by atoms with Gasteiger partial charge in [0.25, 0.3) is 0 Å². The van der Waals surface area contributed by atoms with Crippen molar-refractivity contribution in [3.05, 3.63) is 29.0 Å². The maximum atomic E-state index is 12.0. The standard InChI is InChI=1S/C14H16N2O4/c1-4-19-14(17)13-8(2)20-12-5-9(7-16-15)11(18-3)6-10(12)13/h5-7H,4,15H2,1-3H3/b16-7+. The van der Waals surface area contributed by atoms with Crippen molar-refractivity contribution in [2.45, 2.75) is 13.8 Å². The van der Waals surface area contributed by atoms with Gasteiger partial charge in [-0.3, -0.25) is 0 Å². The number of esters is 1. The van der Waals surface area contributed by atoms with Crippen LogP contribution >= 0.6 is 0 Å². The Bertz CT molecular complexity index is 673. The molecule has 1 aromatic heterocycles. The van der Waals surface area contributed by atoms with Gasteiger partial charge in [-0.1, -0.05) is 0 Å². The topological polar surface area (TPSA) is 87.0 Å². The number of rotatable bonds is 4. The minimum Gasteiger partial charge on any atom is -0.496 e. The first kappa shape index (κ1) is 13.9. The molecule has 0 bridgehead atoms. The summed E-state index contributed by atoms with van der Waals surface area (Å²) >= 11 is 0. The number of carbonyl (C=O) groups excluding carboxylic acids is 1. The number of hydrogen-bond acceptors (Lipinski definition) is 6. The molecule has 0 saturated carbocycles. The van der Waals surface area contributed by atoms with Gasteiger partial charge >= 0.3 is 5.97 Å². The Balaban J connectivity index is 2.67. The van der Waals surface area contributed by atoms with Gasteiger partial charge in [0.05, 0.1) is 19.9 Å². The lowest BCUT2D eigenvalue weighted by Gasteiger charge is -2.05. The first-order chi connectivity index (χ1) is 9.62. The van der Waals surface area contributed by atoms with Gasteiger partial charge in [-0.25, -0.2) is 4.79 Å². The molecule has 0 spiro atoms. The molecule has 0 amide bonds. The number of nitrogens with two attached hydrogens (primary N) is 1. The van der Waals surface area contributed by atoms with Crippen LogP contribution in [0.1, 0.15) is 28.6 Å². The molecule has 0 saturated heterocycles. The van der Waals surface area contributed by atoms with Crippen LogP contribution in [0.4, 0.5) is 0 Å². The second kappa shape index (κ2) is 5.64. The zero-order chi connectivity index (χ0) is 14.7. The van der Waals surface area contributed by atoms with Gasteiger partial charge in [0.1, 0.15) is 22.7 Å². The average Bonchev–Trinajstić information content (AvgIpc) is 2.73. The number of furan rings is 1. The molecule has 1 aromatic carbocycles. The molecule has 20 heavy (non-hydrogen) atoms. The quantitative estimate of drug-likeness (QED) is 0.400. The van der Waals surface area contributed by atoms with Crippen LogP contribution in [-0.2, 0) is 4.74 Å². The zero-order valence-corrected chi connectivity index (χ0v) is 11.6. The molecule has 6 nitrogen and oxygen atoms in total. The predicted molar refractivity (Wildman–Crippen MR) is 75.2 cm³/mol. The summed E-state index contributed by atoms with van der Waals surface area (Å²) in [6.07, 6.45) is 1.46. The maximum absolute atomic E-state index is 12.0. The van der Waals surface area contributed by atoms with E-state index in [4.69, 9.17) is 19.7 Å². The number of hydrogen-bond donors (Lipinski definition) is 1. The fourth-order valence-electron chi connectivity index (χ4n) is 2.08. The number of methoxy groups -OCH3 is 1. The summed E-state index contributed by atoms with van der Waals surface area (Å²) in [5.74, 6) is 5.81. The minimum absolute atomic E-state index is 0.306. The number of aryl methyl sites for hydroxylation is 1. The number of nitrogens with zero attached hydrogens (tertiary/aromatic N) is 1. The lowest BCUT2D eigenvalue weighted by atomic mass is 10.1. The lowest BCUT2D eigenvalue weighted by Crippen LogP contribution is -2.05. The molecule has 0 fully saturated rings. The fourth-order valence-corrected chi connectivity index (χ4v) is 2.08. The van der Waals surface area contributed by atoms with Crippen molar-refractivity contribution in [1.29, 1.82) is 0 Å². The summed E-state index contributed by atoms with van der Waals surface area (Å²) in [5.41, 5.74) is 1.64. The molecule has 2 N–H and O–H groups in total. The Morgan fingerprint density at radius 1 is 1.50 bits per heavy atom. The summed E-state index contributed by atoms with van der Waals surface area (Å²) in [5, 5.41) is 4.12. The van der Waals surface area contributed by atoms with E-state index in [0.717, 1.165) is 0 Å². The highest BCUT2D eigenvalue weighted by atomic mass is 16.5. The van der Waals surface area contributed by atoms with E-state index in [1.807, 2.05) is 0 Å². The summed E-state index contributed by atoms with van der Waals surface area (Å²) in [4.78, 5) is 12.0. The maximum Gasteiger partial charge on any atom is 0.342 e. The Labute approximate surface area is 116 Å². The van der Waals surface area contributed by atoms with E-state index in [1.54, 1.807) is 26.0 Å². The first-order valence-electron chi connectivity index (χ1n) is 6.13. The fraction of sp³-hybridized carbons (Fsp3) is 0.286. The van der Waals surface area contributed by atoms with Crippen LogP contribution in [-0.4, -0.2) is 25.9 Å². The number of hydrazone groups is 1. The summed E-state index contributed by atoms with van der Waals surface area (Å²) in [7, 11) is 1.53. The van der Waals surface area contributed by atoms with E-state index in [-0.39, 0.29) is 0 Å². The molecular weight excluding hydrogens is 260 g/mol. The minimum atomic E-state index is -0.411. The third-order valence-corrected chi connectivity index (χ3v) is 2.91. The zero-order valence-electron chi connectivity index (χ0n) is 11.6. The van der Waals surface area contributed by atoms with E-state index in [2.05, 4.69) is 5.10 Å². The Kier molecular flexibility index (Phi) is 3.93. The van der Waals surface area contributed by atoms with Crippen molar-refractivity contribution < 1.29 is 18.7 Å². The number of carbonyl (C=O) groups is 1. The van der Waals surface area contributed by atoms with Crippen molar-refractivity contribution >= 4 is 23.2 Å². The normalized spacial score (nSPS) is 11.2. The van der Waals surface area contributed by atoms with Crippen LogP contribution in [0.5, 0.6) is 5.75 Å². The summed E-state index contributed by atoms with van der Waals surface area (Å²) in [6.45, 7) is 3.78. The number of ether oxygens (including phenoxy) is 2. The van der Waals surface area contributed by atoms with Crippen LogP contribution in [0.3, 0.4) is 0 Å². The van der Waals surface area contributed by atoms with Crippen LogP contribution in [0.2, 0.25) is 0 Å². The van der Waals surface area contributed by atoms with Crippen molar-refractivity contribution in [3.8, 4) is 5.75 Å². The molecule has 0 atom stereocenters. The molecule has 0 aliphatic carbocycles. The highest BCUT2D eigenvalue weighted by Crippen LogP contribution is 2.31. The van der Waals surface area contributed by atoms with Gasteiger partial charge in [-0.15, -0.1) is 0 Å². The summed E-state index contributed by atoms with van der Waals surface area (Å²) < 4.78 is 15.9. The Morgan fingerprint density at radius 2 is 2.25 bits per heavy atom. The smallest absolute Gasteiger partial charge is 0.342 e. The van der Waals surface area contributed by atoms with Crippen molar-refractivity contribution in [3.63, 3.8) is 0 Å². The van der Waals surface area contributed by atoms with Gasteiger partial charge in [-0.05, 0) is 26.0 Å². The lowest BCUT2D eigenvalue weighted by molar-refractivity contribution is 0.0526. The molecule has 2 rings (SSSR count). The summed E-state index contributed by atoms with van der Waals surface area (Å²) in [6, 6.07) is 3.44. The highest BCUT2D eigenvalue weighted by molar-refractivity contribution is 6.06. The third-order valence-electron chi connectivity index (χ3n) is 2.91. The monoisotopic (exact) mass is 276 g/mol. The van der Waals surface area contributed by atoms with Gasteiger partial charge in [0.15, 0.2) is 0 Å². The van der Waals surface area contributed by atoms with Gasteiger partial charge in [-0.2, -0.15) is 5.10 Å². The van der Waals surface area contributed by atoms with Crippen molar-refractivity contribution in [1.82, 2.24) is 0 Å². The third kappa shape index (κ3) is 2.32. The van der Waals surface area contributed by atoms with Gasteiger partial charge in [0.2, 0.25) is 0 Å².